The van der Waals surface area contributed by atoms with E-state index >= 15 is 0 Å². The average molecular weight is 322 g/mol. The fourth-order valence-corrected chi connectivity index (χ4v) is 2.91. The molecule has 0 aliphatic carbocycles. The number of imidazole rings is 1. The van der Waals surface area contributed by atoms with Crippen molar-refractivity contribution in [2.24, 2.45) is 5.41 Å². The van der Waals surface area contributed by atoms with E-state index in [2.05, 4.69) is 49.6 Å². The second kappa shape index (κ2) is 7.08. The van der Waals surface area contributed by atoms with Crippen molar-refractivity contribution in [3.8, 4) is 5.75 Å². The number of para-hydroxylation sites is 3. The molecule has 0 aliphatic heterocycles. The molecule has 24 heavy (non-hydrogen) atoms. The van der Waals surface area contributed by atoms with Gasteiger partial charge in [-0.1, -0.05) is 51.1 Å². The molecule has 3 aromatic rings. The van der Waals surface area contributed by atoms with Gasteiger partial charge in [0.1, 0.15) is 11.6 Å². The lowest BCUT2D eigenvalue weighted by Gasteiger charge is -2.19. The summed E-state index contributed by atoms with van der Waals surface area (Å²) in [5.41, 5.74) is 2.52. The Morgan fingerprint density at radius 2 is 1.67 bits per heavy atom. The molecule has 0 saturated carbocycles. The van der Waals surface area contributed by atoms with E-state index in [0.29, 0.717) is 6.61 Å². The van der Waals surface area contributed by atoms with Crippen LogP contribution in [0.5, 0.6) is 5.75 Å². The highest BCUT2D eigenvalue weighted by Gasteiger charge is 2.17. The van der Waals surface area contributed by atoms with Crippen LogP contribution in [-0.2, 0) is 13.0 Å². The van der Waals surface area contributed by atoms with Crippen LogP contribution in [0.4, 0.5) is 0 Å². The third-order valence-corrected chi connectivity index (χ3v) is 3.96. The molecule has 0 amide bonds. The molecule has 0 spiro atoms. The Morgan fingerprint density at radius 3 is 2.42 bits per heavy atom. The fraction of sp³-hybridized carbons (Fsp3) is 0.381. The predicted octanol–water partition coefficient (Wildman–Crippen LogP) is 5.09. The van der Waals surface area contributed by atoms with Crippen LogP contribution in [0.25, 0.3) is 11.0 Å². The zero-order valence-corrected chi connectivity index (χ0v) is 14.8. The first-order valence-electron chi connectivity index (χ1n) is 8.65. The molecule has 0 fully saturated rings. The molecule has 0 atom stereocenters. The number of ether oxygens (including phenoxy) is 1. The molecule has 126 valence electrons. The Labute approximate surface area is 144 Å². The second-order valence-corrected chi connectivity index (χ2v) is 7.42. The van der Waals surface area contributed by atoms with Crippen molar-refractivity contribution in [3.63, 3.8) is 0 Å². The highest BCUT2D eigenvalue weighted by molar-refractivity contribution is 5.75. The zero-order chi connectivity index (χ0) is 17.0. The molecule has 0 radical (unpaired) electrons. The minimum absolute atomic E-state index is 0.222. The smallest absolute Gasteiger partial charge is 0.119 e. The van der Waals surface area contributed by atoms with E-state index in [1.54, 1.807) is 0 Å². The van der Waals surface area contributed by atoms with Gasteiger partial charge in [0.25, 0.3) is 0 Å². The molecule has 0 unspecified atom stereocenters. The van der Waals surface area contributed by atoms with E-state index in [4.69, 9.17) is 9.72 Å². The molecular weight excluding hydrogens is 296 g/mol. The van der Waals surface area contributed by atoms with E-state index in [1.165, 1.54) is 11.3 Å². The third-order valence-electron chi connectivity index (χ3n) is 3.96. The Balaban J connectivity index is 1.71. The Morgan fingerprint density at radius 1 is 0.958 bits per heavy atom. The van der Waals surface area contributed by atoms with Gasteiger partial charge in [-0.15, -0.1) is 0 Å². The van der Waals surface area contributed by atoms with Crippen LogP contribution in [0, 0.1) is 5.41 Å². The third kappa shape index (κ3) is 4.16. The number of nitrogens with zero attached hydrogens (tertiary/aromatic N) is 2. The van der Waals surface area contributed by atoms with Crippen molar-refractivity contribution in [1.82, 2.24) is 9.55 Å². The first-order chi connectivity index (χ1) is 11.5. The monoisotopic (exact) mass is 322 g/mol. The Hall–Kier alpha value is -2.29. The molecule has 3 nitrogen and oxygen atoms in total. The highest BCUT2D eigenvalue weighted by atomic mass is 16.5. The summed E-state index contributed by atoms with van der Waals surface area (Å²) in [5, 5.41) is 0. The van der Waals surface area contributed by atoms with Crippen LogP contribution >= 0.6 is 0 Å². The van der Waals surface area contributed by atoms with Crippen molar-refractivity contribution in [3.05, 3.63) is 60.4 Å². The van der Waals surface area contributed by atoms with Gasteiger partial charge in [-0.25, -0.2) is 4.98 Å². The van der Waals surface area contributed by atoms with Gasteiger partial charge in [0.05, 0.1) is 17.6 Å². The van der Waals surface area contributed by atoms with E-state index in [0.717, 1.165) is 30.7 Å². The van der Waals surface area contributed by atoms with Crippen molar-refractivity contribution in [1.29, 1.82) is 0 Å². The number of hydrogen-bond donors (Lipinski definition) is 0. The van der Waals surface area contributed by atoms with E-state index in [-0.39, 0.29) is 5.41 Å². The lowest BCUT2D eigenvalue weighted by molar-refractivity contribution is 0.300. The first kappa shape index (κ1) is 16.6. The van der Waals surface area contributed by atoms with Crippen LogP contribution in [0.15, 0.2) is 54.6 Å². The molecular formula is C21H26N2O. The van der Waals surface area contributed by atoms with Crippen molar-refractivity contribution in [2.45, 2.75) is 40.2 Å². The van der Waals surface area contributed by atoms with E-state index in [1.807, 2.05) is 30.3 Å². The molecule has 0 saturated heterocycles. The van der Waals surface area contributed by atoms with Gasteiger partial charge in [0, 0.05) is 13.0 Å². The summed E-state index contributed by atoms with van der Waals surface area (Å²) in [6.07, 6.45) is 1.94. The zero-order valence-electron chi connectivity index (χ0n) is 14.8. The quantitative estimate of drug-likeness (QED) is 0.591. The molecule has 0 bridgehead atoms. The Bertz CT molecular complexity index is 784. The molecule has 0 N–H and O–H groups in total. The standard InChI is InChI=1S/C21H26N2O/c1-21(2,3)16-20-22-18-12-7-8-13-19(18)23(20)14-9-15-24-17-10-5-4-6-11-17/h4-8,10-13H,9,14-16H2,1-3H3. The summed E-state index contributed by atoms with van der Waals surface area (Å²) >= 11 is 0. The molecule has 3 heteroatoms. The summed E-state index contributed by atoms with van der Waals surface area (Å²) in [4.78, 5) is 4.86. The topological polar surface area (TPSA) is 27.1 Å². The second-order valence-electron chi connectivity index (χ2n) is 7.42. The maximum Gasteiger partial charge on any atom is 0.119 e. The SMILES string of the molecule is CC(C)(C)Cc1nc2ccccc2n1CCCOc1ccccc1. The van der Waals surface area contributed by atoms with Crippen LogP contribution in [-0.4, -0.2) is 16.2 Å². The van der Waals surface area contributed by atoms with Crippen molar-refractivity contribution in [2.75, 3.05) is 6.61 Å². The molecule has 3 rings (SSSR count). The van der Waals surface area contributed by atoms with Crippen LogP contribution in [0.1, 0.15) is 33.0 Å². The minimum Gasteiger partial charge on any atom is -0.494 e. The van der Waals surface area contributed by atoms with Crippen LogP contribution in [0.3, 0.4) is 0 Å². The van der Waals surface area contributed by atoms with Gasteiger partial charge in [-0.05, 0) is 36.1 Å². The minimum atomic E-state index is 0.222. The summed E-state index contributed by atoms with van der Waals surface area (Å²) in [6, 6.07) is 18.4. The summed E-state index contributed by atoms with van der Waals surface area (Å²) in [5.74, 6) is 2.10. The van der Waals surface area contributed by atoms with E-state index < -0.39 is 0 Å². The van der Waals surface area contributed by atoms with Gasteiger partial charge in [0.15, 0.2) is 0 Å². The largest absolute Gasteiger partial charge is 0.494 e. The lowest BCUT2D eigenvalue weighted by atomic mass is 9.92. The molecule has 2 aromatic carbocycles. The van der Waals surface area contributed by atoms with Gasteiger partial charge >= 0.3 is 0 Å². The summed E-state index contributed by atoms with van der Waals surface area (Å²) in [7, 11) is 0. The predicted molar refractivity (Wildman–Crippen MR) is 99.4 cm³/mol. The molecule has 1 heterocycles. The highest BCUT2D eigenvalue weighted by Crippen LogP contribution is 2.24. The number of rotatable bonds is 6. The van der Waals surface area contributed by atoms with Gasteiger partial charge in [-0.3, -0.25) is 0 Å². The van der Waals surface area contributed by atoms with Gasteiger partial charge in [0.2, 0.25) is 0 Å². The summed E-state index contributed by atoms with van der Waals surface area (Å²) < 4.78 is 8.18. The van der Waals surface area contributed by atoms with Crippen LogP contribution < -0.4 is 4.74 Å². The average Bonchev–Trinajstić information content (AvgIpc) is 2.88. The number of fused-ring (bicyclic) bond motifs is 1. The van der Waals surface area contributed by atoms with Crippen molar-refractivity contribution >= 4 is 11.0 Å². The maximum atomic E-state index is 5.82. The summed E-state index contributed by atoms with van der Waals surface area (Å²) in [6.45, 7) is 8.42. The number of benzene rings is 2. The van der Waals surface area contributed by atoms with E-state index in [9.17, 15) is 0 Å². The first-order valence-corrected chi connectivity index (χ1v) is 8.65. The number of aryl methyl sites for hydroxylation is 1. The van der Waals surface area contributed by atoms with Crippen LogP contribution in [0.2, 0.25) is 0 Å². The number of aromatic nitrogens is 2. The molecule has 1 aromatic heterocycles. The normalized spacial score (nSPS) is 11.8. The Kier molecular flexibility index (Phi) is 4.89. The van der Waals surface area contributed by atoms with Gasteiger partial charge < -0.3 is 9.30 Å². The van der Waals surface area contributed by atoms with Crippen molar-refractivity contribution < 1.29 is 4.74 Å². The van der Waals surface area contributed by atoms with Gasteiger partial charge in [-0.2, -0.15) is 0 Å². The fourth-order valence-electron chi connectivity index (χ4n) is 2.91. The maximum absolute atomic E-state index is 5.82. The lowest BCUT2D eigenvalue weighted by Crippen LogP contribution is -2.15. The molecule has 0 aliphatic rings. The number of hydrogen-bond acceptors (Lipinski definition) is 2.